The summed E-state index contributed by atoms with van der Waals surface area (Å²) in [4.78, 5) is 24.5. The van der Waals surface area contributed by atoms with Crippen molar-refractivity contribution >= 4 is 12.0 Å². The monoisotopic (exact) mass is 300 g/mol. The Hall–Kier alpha value is -2.36. The highest BCUT2D eigenvalue weighted by Crippen LogP contribution is 2.10. The van der Waals surface area contributed by atoms with E-state index in [9.17, 15) is 14.8 Å². The van der Waals surface area contributed by atoms with Gasteiger partial charge in [0.15, 0.2) is 0 Å². The zero-order valence-electron chi connectivity index (χ0n) is 11.3. The fourth-order valence-corrected chi connectivity index (χ4v) is 1.99. The molecule has 10 nitrogen and oxygen atoms in total. The molecular weight excluding hydrogens is 284 g/mol. The Kier molecular flexibility index (Phi) is 4.93. The van der Waals surface area contributed by atoms with Crippen molar-refractivity contribution in [3.8, 4) is 5.88 Å². The molecule has 0 unspecified atom stereocenters. The molecule has 1 aliphatic heterocycles. The number of rotatable bonds is 6. The second kappa shape index (κ2) is 6.88. The summed E-state index contributed by atoms with van der Waals surface area (Å²) in [6, 6.07) is 0. The van der Waals surface area contributed by atoms with Gasteiger partial charge in [-0.2, -0.15) is 0 Å². The van der Waals surface area contributed by atoms with Crippen molar-refractivity contribution in [2.45, 2.75) is 25.9 Å². The molecule has 0 bridgehead atoms. The molecule has 0 radical (unpaired) electrons. The molecule has 2 rings (SSSR count). The minimum Gasteiger partial charge on any atom is -0.387 e. The smallest absolute Gasteiger partial charge is 0.387 e. The molecule has 0 saturated carbocycles. The van der Waals surface area contributed by atoms with Crippen LogP contribution < -0.4 is 15.0 Å². The first-order valence-corrected chi connectivity index (χ1v) is 6.54. The van der Waals surface area contributed by atoms with Crippen molar-refractivity contribution in [3.63, 3.8) is 0 Å². The molecule has 10 heteroatoms. The summed E-state index contributed by atoms with van der Waals surface area (Å²) in [6.45, 7) is 1.02. The maximum Gasteiger partial charge on any atom is 0.415 e. The highest BCUT2D eigenvalue weighted by atomic mass is 16.8. The van der Waals surface area contributed by atoms with Gasteiger partial charge >= 0.3 is 12.0 Å². The molecule has 1 saturated heterocycles. The second-order valence-corrected chi connectivity index (χ2v) is 4.49. The number of aliphatic hydroxyl groups excluding tert-OH is 1. The largest absolute Gasteiger partial charge is 0.415 e. The number of hydrogen-bond donors (Lipinski definition) is 2. The molecule has 1 fully saturated rings. The van der Waals surface area contributed by atoms with Gasteiger partial charge in [-0.15, -0.1) is 0 Å². The van der Waals surface area contributed by atoms with Crippen LogP contribution in [-0.2, 0) is 11.4 Å². The zero-order chi connectivity index (χ0) is 15.2. The summed E-state index contributed by atoms with van der Waals surface area (Å²) in [5.74, 6) is -0.369. The van der Waals surface area contributed by atoms with Crippen LogP contribution in [0.4, 0.5) is 4.79 Å². The number of carbonyl (C=O) groups is 2. The Morgan fingerprint density at radius 1 is 1.62 bits per heavy atom. The molecule has 1 aliphatic rings. The third-order valence-corrected chi connectivity index (χ3v) is 3.02. The van der Waals surface area contributed by atoms with Crippen LogP contribution in [-0.4, -0.2) is 46.8 Å². The number of aliphatic hydroxyl groups is 1. The van der Waals surface area contributed by atoms with Gasteiger partial charge in [0.1, 0.15) is 6.61 Å². The maximum absolute atomic E-state index is 11.5. The Labute approximate surface area is 119 Å². The number of carbonyl (C=O) groups excluding carboxylic acids is 2. The number of nitrogens with zero attached hydrogens (tertiary/aromatic N) is 3. The van der Waals surface area contributed by atoms with Crippen LogP contribution in [0.5, 0.6) is 5.88 Å². The predicted octanol–water partition coefficient (Wildman–Crippen LogP) is -1.10. The van der Waals surface area contributed by atoms with E-state index < -0.39 is 18.6 Å². The normalized spacial score (nSPS) is 14.5. The predicted molar refractivity (Wildman–Crippen MR) is 65.8 cm³/mol. The molecule has 0 atom stereocenters. The van der Waals surface area contributed by atoms with Crippen LogP contribution in [0.1, 0.15) is 25.0 Å². The van der Waals surface area contributed by atoms with Crippen molar-refractivity contribution in [1.29, 1.82) is 0 Å². The average Bonchev–Trinajstić information content (AvgIpc) is 3.02. The quantitative estimate of drug-likeness (QED) is 0.503. The number of amides is 2. The maximum atomic E-state index is 11.5. The number of ether oxygens (including phenoxy) is 1. The van der Waals surface area contributed by atoms with Gasteiger partial charge in [0, 0.05) is 31.2 Å². The molecule has 2 N–H and O–H groups in total. The van der Waals surface area contributed by atoms with E-state index in [2.05, 4.69) is 15.1 Å². The van der Waals surface area contributed by atoms with Crippen molar-refractivity contribution in [2.75, 3.05) is 19.6 Å². The third-order valence-electron chi connectivity index (χ3n) is 3.02. The molecule has 0 spiro atoms. The number of likely N-dealkylation sites (tertiary alicyclic amines) is 1. The first-order chi connectivity index (χ1) is 10.1. The molecule has 0 aliphatic carbocycles. The topological polar surface area (TPSA) is 132 Å². The van der Waals surface area contributed by atoms with Gasteiger partial charge < -0.3 is 25.3 Å². The third kappa shape index (κ3) is 3.81. The summed E-state index contributed by atoms with van der Waals surface area (Å²) in [6.07, 6.45) is 1.17. The van der Waals surface area contributed by atoms with Crippen LogP contribution in [0.2, 0.25) is 0 Å². The number of nitrogens with one attached hydrogen (secondary N) is 1. The van der Waals surface area contributed by atoms with E-state index >= 15 is 0 Å². The van der Waals surface area contributed by atoms with E-state index in [1.54, 1.807) is 4.90 Å². The summed E-state index contributed by atoms with van der Waals surface area (Å²) in [5.41, 5.74) is -0.164. The fraction of sp³-hybridized carbons (Fsp3) is 0.636. The minimum atomic E-state index is -0.856. The van der Waals surface area contributed by atoms with E-state index in [0.717, 1.165) is 13.0 Å². The summed E-state index contributed by atoms with van der Waals surface area (Å²) >= 11 is 0. The van der Waals surface area contributed by atoms with E-state index in [-0.39, 0.29) is 16.5 Å². The Morgan fingerprint density at radius 2 is 2.43 bits per heavy atom. The standard InChI is InChI=1S/C11H16N4O6/c16-7-8-10(15(19)21-13-8)20-11(18)12-4-2-6-14-5-1-3-9(14)17/h16H,1-7H2,(H,12,18). The van der Waals surface area contributed by atoms with Crippen molar-refractivity contribution in [2.24, 2.45) is 0 Å². The van der Waals surface area contributed by atoms with Gasteiger partial charge in [0.2, 0.25) is 5.91 Å². The van der Waals surface area contributed by atoms with Crippen LogP contribution in [0.15, 0.2) is 4.63 Å². The van der Waals surface area contributed by atoms with Gasteiger partial charge in [-0.3, -0.25) is 9.42 Å². The molecule has 2 heterocycles. The Bertz CT molecular complexity index is 517. The molecule has 116 valence electrons. The number of hydrogen-bond acceptors (Lipinski definition) is 7. The molecule has 1 aromatic heterocycles. The molecule has 21 heavy (non-hydrogen) atoms. The van der Waals surface area contributed by atoms with Crippen molar-refractivity contribution < 1.29 is 29.0 Å². The summed E-state index contributed by atoms with van der Waals surface area (Å²) in [5, 5.41) is 25.6. The van der Waals surface area contributed by atoms with Crippen molar-refractivity contribution in [1.82, 2.24) is 15.4 Å². The average molecular weight is 300 g/mol. The van der Waals surface area contributed by atoms with Gasteiger partial charge in [-0.25, -0.2) is 4.79 Å². The summed E-state index contributed by atoms with van der Waals surface area (Å²) < 4.78 is 8.90. The van der Waals surface area contributed by atoms with E-state index in [4.69, 9.17) is 9.84 Å². The lowest BCUT2D eigenvalue weighted by Crippen LogP contribution is -2.35. The second-order valence-electron chi connectivity index (χ2n) is 4.49. The fourth-order valence-electron chi connectivity index (χ4n) is 1.99. The minimum absolute atomic E-state index is 0.103. The van der Waals surface area contributed by atoms with E-state index in [1.165, 1.54) is 0 Å². The van der Waals surface area contributed by atoms with E-state index in [1.807, 2.05) is 0 Å². The van der Waals surface area contributed by atoms with Crippen LogP contribution in [0, 0.1) is 5.21 Å². The highest BCUT2D eigenvalue weighted by molar-refractivity contribution is 5.78. The first kappa shape index (κ1) is 15.0. The first-order valence-electron chi connectivity index (χ1n) is 6.54. The molecular formula is C11H16N4O6. The van der Waals surface area contributed by atoms with Crippen LogP contribution in [0.25, 0.3) is 0 Å². The number of aromatic nitrogens is 2. The lowest BCUT2D eigenvalue weighted by Gasteiger charge is -2.14. The van der Waals surface area contributed by atoms with Crippen LogP contribution >= 0.6 is 0 Å². The van der Waals surface area contributed by atoms with Gasteiger partial charge in [-0.1, -0.05) is 0 Å². The van der Waals surface area contributed by atoms with Gasteiger partial charge in [0.25, 0.3) is 5.69 Å². The van der Waals surface area contributed by atoms with Crippen LogP contribution in [0.3, 0.4) is 0 Å². The highest BCUT2D eigenvalue weighted by Gasteiger charge is 2.23. The van der Waals surface area contributed by atoms with Gasteiger partial charge in [-0.05, 0) is 17.7 Å². The van der Waals surface area contributed by atoms with Crippen molar-refractivity contribution in [3.05, 3.63) is 10.9 Å². The Morgan fingerprint density at radius 3 is 3.10 bits per heavy atom. The van der Waals surface area contributed by atoms with Gasteiger partial charge in [0.05, 0.1) is 0 Å². The lowest BCUT2D eigenvalue weighted by atomic mass is 10.4. The summed E-state index contributed by atoms with van der Waals surface area (Å²) in [7, 11) is 0. The molecule has 0 aromatic carbocycles. The molecule has 2 amide bonds. The zero-order valence-corrected chi connectivity index (χ0v) is 11.3. The molecule has 1 aromatic rings. The SMILES string of the molecule is O=C(NCCCN1CCCC1=O)Oc1c(CO)no[n+]1[O-]. The van der Waals surface area contributed by atoms with E-state index in [0.29, 0.717) is 25.9 Å². The lowest BCUT2D eigenvalue weighted by molar-refractivity contribution is -0.804. The Balaban J connectivity index is 1.70.